The topological polar surface area (TPSA) is 12.0 Å². The molecular weight excluding hydrogens is 298 g/mol. The molecule has 0 radical (unpaired) electrons. The molecule has 21 heavy (non-hydrogen) atoms. The third kappa shape index (κ3) is 4.42. The van der Waals surface area contributed by atoms with Gasteiger partial charge in [0.2, 0.25) is 0 Å². The summed E-state index contributed by atoms with van der Waals surface area (Å²) in [6.45, 7) is 0.826. The van der Waals surface area contributed by atoms with Crippen LogP contribution in [0.3, 0.4) is 0 Å². The highest BCUT2D eigenvalue weighted by molar-refractivity contribution is 8.00. The molecule has 0 aromatic heterocycles. The number of hydrogen-bond donors (Lipinski definition) is 1. The largest absolute Gasteiger partial charge is 0.381 e. The van der Waals surface area contributed by atoms with Gasteiger partial charge in [0.15, 0.2) is 0 Å². The lowest BCUT2D eigenvalue weighted by Crippen LogP contribution is -1.99. The predicted molar refractivity (Wildman–Crippen MR) is 93.3 cm³/mol. The summed E-state index contributed by atoms with van der Waals surface area (Å²) in [5.41, 5.74) is 2.41. The van der Waals surface area contributed by atoms with Crippen LogP contribution in [0.5, 0.6) is 0 Å². The number of benzene rings is 2. The highest BCUT2D eigenvalue weighted by atomic mass is 35.5. The summed E-state index contributed by atoms with van der Waals surface area (Å²) in [5.74, 6) is 0. The number of hydrogen-bond acceptors (Lipinski definition) is 2. The van der Waals surface area contributed by atoms with Gasteiger partial charge in [-0.25, -0.2) is 0 Å². The van der Waals surface area contributed by atoms with Crippen LogP contribution < -0.4 is 5.32 Å². The second kappa shape index (κ2) is 7.24. The Morgan fingerprint density at radius 1 is 0.952 bits per heavy atom. The van der Waals surface area contributed by atoms with E-state index in [2.05, 4.69) is 41.7 Å². The molecule has 2 aromatic carbocycles. The SMILES string of the molecule is Clc1ccc(CNc2ccc(SC3CCCC3)cc2)cc1. The Morgan fingerprint density at radius 3 is 2.29 bits per heavy atom. The summed E-state index contributed by atoms with van der Waals surface area (Å²) in [5, 5.41) is 5.06. The molecule has 1 N–H and O–H groups in total. The third-order valence-corrected chi connectivity index (χ3v) is 5.47. The van der Waals surface area contributed by atoms with E-state index in [-0.39, 0.29) is 0 Å². The monoisotopic (exact) mass is 317 g/mol. The zero-order chi connectivity index (χ0) is 14.5. The number of rotatable bonds is 5. The lowest BCUT2D eigenvalue weighted by molar-refractivity contribution is 0.886. The maximum Gasteiger partial charge on any atom is 0.0406 e. The molecule has 1 fully saturated rings. The van der Waals surface area contributed by atoms with Crippen molar-refractivity contribution in [1.29, 1.82) is 0 Å². The van der Waals surface area contributed by atoms with E-state index >= 15 is 0 Å². The second-order valence-corrected chi connectivity index (χ2v) is 7.34. The van der Waals surface area contributed by atoms with E-state index < -0.39 is 0 Å². The van der Waals surface area contributed by atoms with E-state index in [1.165, 1.54) is 41.8 Å². The summed E-state index contributed by atoms with van der Waals surface area (Å²) in [7, 11) is 0. The Hall–Kier alpha value is -1.12. The van der Waals surface area contributed by atoms with Gasteiger partial charge in [-0.15, -0.1) is 11.8 Å². The first-order chi connectivity index (χ1) is 10.3. The summed E-state index contributed by atoms with van der Waals surface area (Å²) in [6, 6.07) is 16.8. The van der Waals surface area contributed by atoms with Crippen molar-refractivity contribution in [2.24, 2.45) is 0 Å². The van der Waals surface area contributed by atoms with Gasteiger partial charge in [-0.05, 0) is 54.8 Å². The molecule has 0 spiro atoms. The second-order valence-electron chi connectivity index (χ2n) is 5.53. The first-order valence-electron chi connectivity index (χ1n) is 7.55. The van der Waals surface area contributed by atoms with Crippen molar-refractivity contribution in [1.82, 2.24) is 0 Å². The van der Waals surface area contributed by atoms with Crippen LogP contribution in [-0.2, 0) is 6.54 Å². The number of halogens is 1. The van der Waals surface area contributed by atoms with Gasteiger partial charge in [-0.3, -0.25) is 0 Å². The molecule has 1 nitrogen and oxygen atoms in total. The van der Waals surface area contributed by atoms with Gasteiger partial charge in [-0.1, -0.05) is 36.6 Å². The fourth-order valence-electron chi connectivity index (χ4n) is 2.66. The molecule has 110 valence electrons. The zero-order valence-corrected chi connectivity index (χ0v) is 13.6. The van der Waals surface area contributed by atoms with Crippen molar-refractivity contribution >= 4 is 29.1 Å². The minimum Gasteiger partial charge on any atom is -0.381 e. The van der Waals surface area contributed by atoms with Crippen molar-refractivity contribution in [3.63, 3.8) is 0 Å². The third-order valence-electron chi connectivity index (χ3n) is 3.87. The molecule has 0 saturated heterocycles. The Bertz CT molecular complexity index is 559. The average Bonchev–Trinajstić information content (AvgIpc) is 3.01. The minimum atomic E-state index is 0.784. The van der Waals surface area contributed by atoms with E-state index in [9.17, 15) is 0 Å². The fraction of sp³-hybridized carbons (Fsp3) is 0.333. The van der Waals surface area contributed by atoms with Gasteiger partial charge < -0.3 is 5.32 Å². The van der Waals surface area contributed by atoms with Crippen LogP contribution in [0.2, 0.25) is 5.02 Å². The van der Waals surface area contributed by atoms with Gasteiger partial charge in [0.05, 0.1) is 0 Å². The van der Waals surface area contributed by atoms with Crippen LogP contribution in [0.1, 0.15) is 31.2 Å². The summed E-state index contributed by atoms with van der Waals surface area (Å²) < 4.78 is 0. The maximum absolute atomic E-state index is 5.89. The first-order valence-corrected chi connectivity index (χ1v) is 8.80. The van der Waals surface area contributed by atoms with E-state index in [1.807, 2.05) is 23.9 Å². The molecule has 1 aliphatic rings. The molecule has 0 unspecified atom stereocenters. The van der Waals surface area contributed by atoms with Crippen LogP contribution in [0.25, 0.3) is 0 Å². The van der Waals surface area contributed by atoms with Gasteiger partial charge in [0.1, 0.15) is 0 Å². The molecule has 3 heteroatoms. The Balaban J connectivity index is 1.52. The molecule has 1 saturated carbocycles. The molecule has 0 heterocycles. The molecule has 0 bridgehead atoms. The van der Waals surface area contributed by atoms with Crippen LogP contribution >= 0.6 is 23.4 Å². The van der Waals surface area contributed by atoms with Gasteiger partial charge in [0, 0.05) is 27.4 Å². The molecule has 3 rings (SSSR count). The highest BCUT2D eigenvalue weighted by Gasteiger charge is 2.15. The van der Waals surface area contributed by atoms with E-state index in [4.69, 9.17) is 11.6 Å². The van der Waals surface area contributed by atoms with Crippen LogP contribution in [-0.4, -0.2) is 5.25 Å². The smallest absolute Gasteiger partial charge is 0.0406 e. The highest BCUT2D eigenvalue weighted by Crippen LogP contribution is 2.34. The van der Waals surface area contributed by atoms with Crippen molar-refractivity contribution in [3.05, 3.63) is 59.1 Å². The molecule has 0 atom stereocenters. The molecular formula is C18H20ClNS. The Kier molecular flexibility index (Phi) is 5.10. The summed E-state index contributed by atoms with van der Waals surface area (Å²) in [4.78, 5) is 1.39. The Morgan fingerprint density at radius 2 is 1.62 bits per heavy atom. The van der Waals surface area contributed by atoms with Crippen molar-refractivity contribution < 1.29 is 0 Å². The van der Waals surface area contributed by atoms with Crippen LogP contribution in [0.15, 0.2) is 53.4 Å². The lowest BCUT2D eigenvalue weighted by Gasteiger charge is -2.10. The molecule has 2 aromatic rings. The van der Waals surface area contributed by atoms with Crippen molar-refractivity contribution in [2.45, 2.75) is 42.4 Å². The number of anilines is 1. The van der Waals surface area contributed by atoms with Crippen molar-refractivity contribution in [2.75, 3.05) is 5.32 Å². The minimum absolute atomic E-state index is 0.784. The van der Waals surface area contributed by atoms with E-state index in [0.717, 1.165) is 16.8 Å². The van der Waals surface area contributed by atoms with E-state index in [0.29, 0.717) is 0 Å². The normalized spacial score (nSPS) is 15.3. The molecule has 1 aliphatic carbocycles. The summed E-state index contributed by atoms with van der Waals surface area (Å²) in [6.07, 6.45) is 5.55. The van der Waals surface area contributed by atoms with Crippen LogP contribution in [0.4, 0.5) is 5.69 Å². The van der Waals surface area contributed by atoms with Gasteiger partial charge in [-0.2, -0.15) is 0 Å². The van der Waals surface area contributed by atoms with Crippen molar-refractivity contribution in [3.8, 4) is 0 Å². The standard InChI is InChI=1S/C18H20ClNS/c19-15-7-5-14(6-8-15)13-20-16-9-11-18(12-10-16)21-17-3-1-2-4-17/h5-12,17,20H,1-4,13H2. The quantitative estimate of drug-likeness (QED) is 0.727. The molecule has 0 amide bonds. The number of nitrogens with one attached hydrogen (secondary N) is 1. The van der Waals surface area contributed by atoms with Gasteiger partial charge in [0.25, 0.3) is 0 Å². The lowest BCUT2D eigenvalue weighted by atomic mass is 10.2. The fourth-order valence-corrected chi connectivity index (χ4v) is 4.03. The maximum atomic E-state index is 5.89. The molecule has 0 aliphatic heterocycles. The van der Waals surface area contributed by atoms with Gasteiger partial charge >= 0.3 is 0 Å². The van der Waals surface area contributed by atoms with E-state index in [1.54, 1.807) is 0 Å². The van der Waals surface area contributed by atoms with Crippen LogP contribution in [0, 0.1) is 0 Å². The predicted octanol–water partition coefficient (Wildman–Crippen LogP) is 5.99. The zero-order valence-electron chi connectivity index (χ0n) is 12.0. The summed E-state index contributed by atoms with van der Waals surface area (Å²) >= 11 is 7.93. The first kappa shape index (κ1) is 14.8. The Labute approximate surface area is 136 Å². The number of thioether (sulfide) groups is 1. The average molecular weight is 318 g/mol.